The van der Waals surface area contributed by atoms with Gasteiger partial charge in [0.25, 0.3) is 0 Å². The van der Waals surface area contributed by atoms with Gasteiger partial charge < -0.3 is 10.2 Å². The average Bonchev–Trinajstić information content (AvgIpc) is 2.56. The summed E-state index contributed by atoms with van der Waals surface area (Å²) in [6.45, 7) is 2.92. The van der Waals surface area contributed by atoms with Crippen molar-refractivity contribution >= 4 is 0 Å². The van der Waals surface area contributed by atoms with E-state index in [9.17, 15) is 10.2 Å². The Hall–Kier alpha value is -1.06. The Kier molecular flexibility index (Phi) is 8.07. The van der Waals surface area contributed by atoms with E-state index in [2.05, 4.69) is 18.9 Å². The SMILES string of the molecule is CCCCCCCCCCCC1c2ccc(O)cc2[C@@H](O)CN1C. The molecule has 0 radical (unpaired) electrons. The summed E-state index contributed by atoms with van der Waals surface area (Å²) in [5.74, 6) is 0.249. The third-order valence-corrected chi connectivity index (χ3v) is 5.36. The highest BCUT2D eigenvalue weighted by Crippen LogP contribution is 2.38. The summed E-state index contributed by atoms with van der Waals surface area (Å²) in [5, 5.41) is 19.9. The van der Waals surface area contributed by atoms with Gasteiger partial charge in [0.1, 0.15) is 5.75 Å². The molecule has 0 saturated heterocycles. The van der Waals surface area contributed by atoms with E-state index < -0.39 is 6.10 Å². The van der Waals surface area contributed by atoms with Crippen LogP contribution in [0.15, 0.2) is 18.2 Å². The largest absolute Gasteiger partial charge is 0.508 e. The van der Waals surface area contributed by atoms with Crippen LogP contribution in [0.3, 0.4) is 0 Å². The number of unbranched alkanes of at least 4 members (excludes halogenated alkanes) is 8. The van der Waals surface area contributed by atoms with E-state index in [1.165, 1.54) is 63.4 Å². The number of benzene rings is 1. The lowest BCUT2D eigenvalue weighted by Crippen LogP contribution is -2.35. The van der Waals surface area contributed by atoms with Crippen LogP contribution in [0.1, 0.15) is 94.4 Å². The monoisotopic (exact) mass is 333 g/mol. The normalized spacial score (nSPS) is 21.0. The van der Waals surface area contributed by atoms with Crippen molar-refractivity contribution in [3.05, 3.63) is 29.3 Å². The maximum Gasteiger partial charge on any atom is 0.115 e. The molecule has 0 aromatic heterocycles. The minimum atomic E-state index is -0.489. The molecule has 1 aliphatic rings. The number of phenolic OH excluding ortho intramolecular Hbond substituents is 1. The molecular weight excluding hydrogens is 298 g/mol. The van der Waals surface area contributed by atoms with Gasteiger partial charge in [-0.2, -0.15) is 0 Å². The van der Waals surface area contributed by atoms with Crippen molar-refractivity contribution in [3.63, 3.8) is 0 Å². The standard InChI is InChI=1S/C21H35NO2/c1-3-4-5-6-7-8-9-10-11-12-20-18-14-13-17(23)15-19(18)21(24)16-22(20)2/h13-15,20-21,23-24H,3-12,16H2,1-2H3/t20?,21-/m0/s1. The molecule has 24 heavy (non-hydrogen) atoms. The molecule has 0 fully saturated rings. The summed E-state index contributed by atoms with van der Waals surface area (Å²) >= 11 is 0. The highest BCUT2D eigenvalue weighted by atomic mass is 16.3. The third kappa shape index (κ3) is 5.49. The fourth-order valence-electron chi connectivity index (χ4n) is 3.91. The predicted molar refractivity (Wildman–Crippen MR) is 100 cm³/mol. The average molecular weight is 334 g/mol. The Morgan fingerprint density at radius 2 is 1.58 bits per heavy atom. The van der Waals surface area contributed by atoms with Crippen molar-refractivity contribution in [1.29, 1.82) is 0 Å². The van der Waals surface area contributed by atoms with Crippen LogP contribution in [0.25, 0.3) is 0 Å². The number of fused-ring (bicyclic) bond motifs is 1. The number of aliphatic hydroxyl groups is 1. The number of hydrogen-bond donors (Lipinski definition) is 2. The molecular formula is C21H35NO2. The van der Waals surface area contributed by atoms with Crippen LogP contribution in [0.5, 0.6) is 5.75 Å². The van der Waals surface area contributed by atoms with E-state index in [-0.39, 0.29) is 5.75 Å². The number of phenols is 1. The first-order valence-electron chi connectivity index (χ1n) is 9.84. The maximum absolute atomic E-state index is 10.3. The summed E-state index contributed by atoms with van der Waals surface area (Å²) in [6, 6.07) is 5.83. The van der Waals surface area contributed by atoms with Gasteiger partial charge in [-0.05, 0) is 36.7 Å². The number of likely N-dealkylation sites (N-methyl/N-ethyl adjacent to an activating group) is 1. The molecule has 1 aromatic rings. The van der Waals surface area contributed by atoms with E-state index in [0.29, 0.717) is 12.6 Å². The number of aliphatic hydroxyl groups excluding tert-OH is 1. The van der Waals surface area contributed by atoms with Crippen LogP contribution in [0.4, 0.5) is 0 Å². The molecule has 3 heteroatoms. The summed E-state index contributed by atoms with van der Waals surface area (Å²) in [5.41, 5.74) is 2.10. The van der Waals surface area contributed by atoms with Crippen molar-refractivity contribution in [3.8, 4) is 5.75 Å². The zero-order valence-electron chi connectivity index (χ0n) is 15.5. The van der Waals surface area contributed by atoms with Gasteiger partial charge in [-0.15, -0.1) is 0 Å². The second-order valence-corrected chi connectivity index (χ2v) is 7.40. The molecule has 1 aliphatic heterocycles. The Bertz CT molecular complexity index is 489. The topological polar surface area (TPSA) is 43.7 Å². The highest BCUT2D eigenvalue weighted by molar-refractivity contribution is 5.40. The zero-order chi connectivity index (χ0) is 17.4. The van der Waals surface area contributed by atoms with Crippen LogP contribution in [-0.2, 0) is 0 Å². The molecule has 2 atom stereocenters. The molecule has 1 unspecified atom stereocenters. The first-order chi connectivity index (χ1) is 11.6. The molecule has 2 N–H and O–H groups in total. The molecule has 1 heterocycles. The lowest BCUT2D eigenvalue weighted by atomic mass is 9.88. The molecule has 0 aliphatic carbocycles. The van der Waals surface area contributed by atoms with E-state index in [4.69, 9.17) is 0 Å². The van der Waals surface area contributed by atoms with Gasteiger partial charge >= 0.3 is 0 Å². The number of aromatic hydroxyl groups is 1. The van der Waals surface area contributed by atoms with Crippen LogP contribution in [0, 0.1) is 0 Å². The van der Waals surface area contributed by atoms with Gasteiger partial charge in [0.15, 0.2) is 0 Å². The Morgan fingerprint density at radius 3 is 2.25 bits per heavy atom. The second kappa shape index (κ2) is 10.0. The van der Waals surface area contributed by atoms with Gasteiger partial charge in [-0.25, -0.2) is 0 Å². The van der Waals surface area contributed by atoms with Crippen LogP contribution in [0.2, 0.25) is 0 Å². The zero-order valence-corrected chi connectivity index (χ0v) is 15.5. The van der Waals surface area contributed by atoms with Gasteiger partial charge in [0.05, 0.1) is 6.10 Å². The lowest BCUT2D eigenvalue weighted by Gasteiger charge is -2.37. The Morgan fingerprint density at radius 1 is 0.958 bits per heavy atom. The molecule has 0 bridgehead atoms. The van der Waals surface area contributed by atoms with Crippen molar-refractivity contribution in [2.45, 2.75) is 83.3 Å². The minimum absolute atomic E-state index is 0.249. The maximum atomic E-state index is 10.3. The first-order valence-corrected chi connectivity index (χ1v) is 9.84. The molecule has 2 rings (SSSR count). The number of nitrogens with zero attached hydrogens (tertiary/aromatic N) is 1. The smallest absolute Gasteiger partial charge is 0.115 e. The van der Waals surface area contributed by atoms with Gasteiger partial charge in [0, 0.05) is 12.6 Å². The highest BCUT2D eigenvalue weighted by Gasteiger charge is 2.29. The van der Waals surface area contributed by atoms with E-state index in [1.807, 2.05) is 6.07 Å². The first kappa shape index (κ1) is 19.3. The fraction of sp³-hybridized carbons (Fsp3) is 0.714. The lowest BCUT2D eigenvalue weighted by molar-refractivity contribution is 0.0797. The second-order valence-electron chi connectivity index (χ2n) is 7.40. The molecule has 0 saturated carbocycles. The fourth-order valence-corrected chi connectivity index (χ4v) is 3.91. The minimum Gasteiger partial charge on any atom is -0.508 e. The van der Waals surface area contributed by atoms with Crippen LogP contribution < -0.4 is 0 Å². The van der Waals surface area contributed by atoms with Gasteiger partial charge in [0.2, 0.25) is 0 Å². The molecule has 1 aromatic carbocycles. The van der Waals surface area contributed by atoms with Crippen molar-refractivity contribution in [1.82, 2.24) is 4.90 Å². The van der Waals surface area contributed by atoms with Crippen LogP contribution >= 0.6 is 0 Å². The summed E-state index contributed by atoms with van der Waals surface area (Å²) in [6.07, 6.45) is 12.8. The molecule has 0 amide bonds. The van der Waals surface area contributed by atoms with Gasteiger partial charge in [-0.3, -0.25) is 4.90 Å². The van der Waals surface area contributed by atoms with Gasteiger partial charge in [-0.1, -0.05) is 70.8 Å². The van der Waals surface area contributed by atoms with Crippen LogP contribution in [-0.4, -0.2) is 28.7 Å². The number of rotatable bonds is 10. The van der Waals surface area contributed by atoms with E-state index >= 15 is 0 Å². The van der Waals surface area contributed by atoms with Crippen molar-refractivity contribution < 1.29 is 10.2 Å². The van der Waals surface area contributed by atoms with E-state index in [0.717, 1.165) is 12.0 Å². The summed E-state index contributed by atoms with van der Waals surface area (Å²) < 4.78 is 0. The molecule has 0 spiro atoms. The quantitative estimate of drug-likeness (QED) is 0.569. The Labute approximate surface area is 147 Å². The number of hydrogen-bond acceptors (Lipinski definition) is 3. The van der Waals surface area contributed by atoms with Crippen molar-refractivity contribution in [2.24, 2.45) is 0 Å². The molecule has 136 valence electrons. The predicted octanol–water partition coefficient (Wildman–Crippen LogP) is 5.33. The van der Waals surface area contributed by atoms with E-state index in [1.54, 1.807) is 12.1 Å². The molecule has 3 nitrogen and oxygen atoms in total. The van der Waals surface area contributed by atoms with Crippen molar-refractivity contribution in [2.75, 3.05) is 13.6 Å². The third-order valence-electron chi connectivity index (χ3n) is 5.36. The number of β-amino-alcohol motifs (C(OH)–C–C–N with tert-alkyl or cyclic N) is 1. The summed E-state index contributed by atoms with van der Waals surface area (Å²) in [4.78, 5) is 2.26. The Balaban J connectivity index is 1.74. The summed E-state index contributed by atoms with van der Waals surface area (Å²) in [7, 11) is 2.09.